The third kappa shape index (κ3) is 5.31. The molecule has 0 radical (unpaired) electrons. The van der Waals surface area contributed by atoms with E-state index in [0.29, 0.717) is 26.4 Å². The number of benzene rings is 3. The molecule has 146 valence electrons. The Morgan fingerprint density at radius 2 is 1.79 bits per heavy atom. The average Bonchev–Trinajstić information content (AvgIpc) is 2.72. The van der Waals surface area contributed by atoms with Crippen molar-refractivity contribution in [1.82, 2.24) is 4.90 Å². The second-order valence-electron chi connectivity index (χ2n) is 6.67. The van der Waals surface area contributed by atoms with Gasteiger partial charge in [0.25, 0.3) is 0 Å². The summed E-state index contributed by atoms with van der Waals surface area (Å²) in [5.74, 6) is 0. The molecule has 0 saturated heterocycles. The Hall–Kier alpha value is -2.89. The quantitative estimate of drug-likeness (QED) is 0.580. The minimum Gasteiger partial charge on any atom is -0.382 e. The molecule has 5 nitrogen and oxygen atoms in total. The van der Waals surface area contributed by atoms with Crippen LogP contribution in [0.3, 0.4) is 0 Å². The molecular formula is C23H26N2O3. The molecule has 3 rings (SSSR count). The van der Waals surface area contributed by atoms with Crippen molar-refractivity contribution in [1.29, 1.82) is 0 Å². The number of carbonyl (C=O) groups excluding carboxylic acids is 1. The highest BCUT2D eigenvalue weighted by atomic mass is 16.5. The standard InChI is InChI=1S/C23H26N2O3/c1-25(16-20-10-6-9-19-8-3-4-12-22(19)20)23(26)24-21-11-5-7-18(15-21)17-28-14-13-27-2/h3-12,15H,13-14,16-17H2,1-2H3,(H,24,26). The van der Waals surface area contributed by atoms with Crippen LogP contribution >= 0.6 is 0 Å². The third-order valence-electron chi connectivity index (χ3n) is 4.51. The lowest BCUT2D eigenvalue weighted by atomic mass is 10.0. The number of rotatable bonds is 8. The molecule has 0 unspecified atom stereocenters. The van der Waals surface area contributed by atoms with E-state index in [1.807, 2.05) is 42.5 Å². The first kappa shape index (κ1) is 19.9. The van der Waals surface area contributed by atoms with Gasteiger partial charge in [0.15, 0.2) is 0 Å². The second kappa shape index (κ2) is 9.88. The molecule has 0 aliphatic carbocycles. The van der Waals surface area contributed by atoms with E-state index in [1.54, 1.807) is 19.1 Å². The molecule has 0 aromatic heterocycles. The average molecular weight is 378 g/mol. The van der Waals surface area contributed by atoms with Crippen molar-refractivity contribution in [2.24, 2.45) is 0 Å². The summed E-state index contributed by atoms with van der Waals surface area (Å²) >= 11 is 0. The number of amides is 2. The van der Waals surface area contributed by atoms with Gasteiger partial charge < -0.3 is 19.7 Å². The van der Waals surface area contributed by atoms with Crippen LogP contribution < -0.4 is 5.32 Å². The van der Waals surface area contributed by atoms with E-state index >= 15 is 0 Å². The van der Waals surface area contributed by atoms with Crippen LogP contribution in [0.2, 0.25) is 0 Å². The first-order valence-electron chi connectivity index (χ1n) is 9.32. The highest BCUT2D eigenvalue weighted by Gasteiger charge is 2.11. The number of carbonyl (C=O) groups is 1. The van der Waals surface area contributed by atoms with Gasteiger partial charge in [0, 0.05) is 26.4 Å². The SMILES string of the molecule is COCCOCc1cccc(NC(=O)N(C)Cc2cccc3ccccc23)c1. The molecule has 0 atom stereocenters. The fourth-order valence-electron chi connectivity index (χ4n) is 3.05. The fraction of sp³-hybridized carbons (Fsp3) is 0.261. The number of methoxy groups -OCH3 is 1. The van der Waals surface area contributed by atoms with Crippen molar-refractivity contribution < 1.29 is 14.3 Å². The van der Waals surface area contributed by atoms with Gasteiger partial charge in [0.1, 0.15) is 0 Å². The minimum absolute atomic E-state index is 0.148. The van der Waals surface area contributed by atoms with Crippen LogP contribution in [0.5, 0.6) is 0 Å². The zero-order valence-corrected chi connectivity index (χ0v) is 16.4. The van der Waals surface area contributed by atoms with Gasteiger partial charge in [-0.05, 0) is 34.0 Å². The maximum atomic E-state index is 12.6. The smallest absolute Gasteiger partial charge is 0.321 e. The van der Waals surface area contributed by atoms with Crippen molar-refractivity contribution in [3.63, 3.8) is 0 Å². The van der Waals surface area contributed by atoms with Gasteiger partial charge in [-0.25, -0.2) is 4.79 Å². The molecule has 0 fully saturated rings. The van der Waals surface area contributed by atoms with Gasteiger partial charge in [0.05, 0.1) is 19.8 Å². The van der Waals surface area contributed by atoms with Gasteiger partial charge in [-0.1, -0.05) is 54.6 Å². The number of fused-ring (bicyclic) bond motifs is 1. The number of nitrogens with one attached hydrogen (secondary N) is 1. The molecule has 0 bridgehead atoms. The summed E-state index contributed by atoms with van der Waals surface area (Å²) in [5, 5.41) is 5.30. The lowest BCUT2D eigenvalue weighted by Gasteiger charge is -2.19. The molecule has 5 heteroatoms. The van der Waals surface area contributed by atoms with Gasteiger partial charge >= 0.3 is 6.03 Å². The Labute approximate surface area is 165 Å². The van der Waals surface area contributed by atoms with E-state index in [9.17, 15) is 4.79 Å². The minimum atomic E-state index is -0.148. The lowest BCUT2D eigenvalue weighted by molar-refractivity contribution is 0.0617. The van der Waals surface area contributed by atoms with E-state index in [2.05, 4.69) is 29.6 Å². The first-order valence-corrected chi connectivity index (χ1v) is 9.32. The summed E-state index contributed by atoms with van der Waals surface area (Å²) in [6.07, 6.45) is 0. The van der Waals surface area contributed by atoms with Crippen molar-refractivity contribution >= 4 is 22.5 Å². The maximum absolute atomic E-state index is 12.6. The molecular weight excluding hydrogens is 352 g/mol. The van der Waals surface area contributed by atoms with Crippen molar-refractivity contribution in [3.8, 4) is 0 Å². The summed E-state index contributed by atoms with van der Waals surface area (Å²) in [5.41, 5.74) is 2.88. The predicted octanol–water partition coefficient (Wildman–Crippen LogP) is 4.67. The first-order chi connectivity index (χ1) is 13.7. The Balaban J connectivity index is 1.61. The van der Waals surface area contributed by atoms with Crippen LogP contribution in [0, 0.1) is 0 Å². The van der Waals surface area contributed by atoms with E-state index in [0.717, 1.165) is 16.8 Å². The topological polar surface area (TPSA) is 50.8 Å². The lowest BCUT2D eigenvalue weighted by Crippen LogP contribution is -2.30. The molecule has 0 spiro atoms. The summed E-state index contributed by atoms with van der Waals surface area (Å²) in [6.45, 7) is 2.13. The number of ether oxygens (including phenoxy) is 2. The Bertz CT molecular complexity index is 921. The van der Waals surface area contributed by atoms with Gasteiger partial charge in [-0.3, -0.25) is 0 Å². The molecule has 0 saturated carbocycles. The molecule has 0 aliphatic heterocycles. The molecule has 1 N–H and O–H groups in total. The maximum Gasteiger partial charge on any atom is 0.321 e. The number of anilines is 1. The molecule has 0 heterocycles. The highest BCUT2D eigenvalue weighted by Crippen LogP contribution is 2.20. The van der Waals surface area contributed by atoms with Crippen molar-refractivity contribution in [2.75, 3.05) is 32.7 Å². The molecule has 2 amide bonds. The Morgan fingerprint density at radius 1 is 1.00 bits per heavy atom. The summed E-state index contributed by atoms with van der Waals surface area (Å²) in [7, 11) is 3.45. The molecule has 3 aromatic rings. The number of hydrogen-bond acceptors (Lipinski definition) is 3. The zero-order chi connectivity index (χ0) is 19.8. The largest absolute Gasteiger partial charge is 0.382 e. The zero-order valence-electron chi connectivity index (χ0n) is 16.4. The summed E-state index contributed by atoms with van der Waals surface area (Å²) < 4.78 is 10.5. The molecule has 0 aliphatic rings. The van der Waals surface area contributed by atoms with Gasteiger partial charge in [-0.15, -0.1) is 0 Å². The van der Waals surface area contributed by atoms with Crippen LogP contribution in [0.25, 0.3) is 10.8 Å². The predicted molar refractivity (Wildman–Crippen MR) is 112 cm³/mol. The molecule has 3 aromatic carbocycles. The highest BCUT2D eigenvalue weighted by molar-refractivity contribution is 5.90. The van der Waals surface area contributed by atoms with Gasteiger partial charge in [0.2, 0.25) is 0 Å². The Morgan fingerprint density at radius 3 is 2.64 bits per heavy atom. The van der Waals surface area contributed by atoms with Crippen LogP contribution in [-0.2, 0) is 22.6 Å². The number of nitrogens with zero attached hydrogens (tertiary/aromatic N) is 1. The van der Waals surface area contributed by atoms with Crippen molar-refractivity contribution in [2.45, 2.75) is 13.2 Å². The van der Waals surface area contributed by atoms with E-state index in [4.69, 9.17) is 9.47 Å². The Kier molecular flexibility index (Phi) is 7.00. The number of urea groups is 1. The normalized spacial score (nSPS) is 10.8. The van der Waals surface area contributed by atoms with E-state index in [-0.39, 0.29) is 6.03 Å². The summed E-state index contributed by atoms with van der Waals surface area (Å²) in [4.78, 5) is 14.3. The molecule has 28 heavy (non-hydrogen) atoms. The third-order valence-corrected chi connectivity index (χ3v) is 4.51. The van der Waals surface area contributed by atoms with Gasteiger partial charge in [-0.2, -0.15) is 0 Å². The van der Waals surface area contributed by atoms with Crippen LogP contribution in [0.4, 0.5) is 10.5 Å². The van der Waals surface area contributed by atoms with E-state index in [1.165, 1.54) is 10.8 Å². The monoisotopic (exact) mass is 378 g/mol. The van der Waals surface area contributed by atoms with E-state index < -0.39 is 0 Å². The van der Waals surface area contributed by atoms with Crippen molar-refractivity contribution in [3.05, 3.63) is 77.9 Å². The van der Waals surface area contributed by atoms with Crippen LogP contribution in [0.15, 0.2) is 66.7 Å². The number of hydrogen-bond donors (Lipinski definition) is 1. The van der Waals surface area contributed by atoms with Crippen LogP contribution in [-0.4, -0.2) is 38.3 Å². The van der Waals surface area contributed by atoms with Crippen LogP contribution in [0.1, 0.15) is 11.1 Å². The fourth-order valence-corrected chi connectivity index (χ4v) is 3.05. The summed E-state index contributed by atoms with van der Waals surface area (Å²) in [6, 6.07) is 21.9. The second-order valence-corrected chi connectivity index (χ2v) is 6.67.